The maximum atomic E-state index is 12.2. The summed E-state index contributed by atoms with van der Waals surface area (Å²) in [6.45, 7) is 3.86. The maximum Gasteiger partial charge on any atom is 0.328 e. The van der Waals surface area contributed by atoms with Crippen LogP contribution in [-0.2, 0) is 19.1 Å². The molecule has 122 valence electrons. The Morgan fingerprint density at radius 3 is 2.50 bits per heavy atom. The summed E-state index contributed by atoms with van der Waals surface area (Å²) in [5.41, 5.74) is 0. The Kier molecular flexibility index (Phi) is 8.11. The molecule has 0 spiro atoms. The predicted molar refractivity (Wildman–Crippen MR) is 85.8 cm³/mol. The van der Waals surface area contributed by atoms with Gasteiger partial charge in [0.2, 0.25) is 0 Å². The van der Waals surface area contributed by atoms with Crippen molar-refractivity contribution in [2.45, 2.75) is 32.7 Å². The second-order valence-electron chi connectivity index (χ2n) is 4.22. The van der Waals surface area contributed by atoms with Gasteiger partial charge in [-0.1, -0.05) is 0 Å². The van der Waals surface area contributed by atoms with Gasteiger partial charge in [-0.3, -0.25) is 9.59 Å². The minimum Gasteiger partial charge on any atom is -0.466 e. The molecule has 0 fully saturated rings. The first kappa shape index (κ1) is 18.6. The van der Waals surface area contributed by atoms with E-state index in [0.717, 1.165) is 0 Å². The Labute approximate surface area is 141 Å². The molecule has 1 atom stereocenters. The first-order chi connectivity index (χ1) is 10.5. The summed E-state index contributed by atoms with van der Waals surface area (Å²) in [5.74, 6) is -1.36. The Morgan fingerprint density at radius 1 is 1.27 bits per heavy atom. The zero-order valence-corrected chi connectivity index (χ0v) is 14.8. The first-order valence-electron chi connectivity index (χ1n) is 6.85. The summed E-state index contributed by atoms with van der Waals surface area (Å²) in [5, 5.41) is 4.36. The van der Waals surface area contributed by atoms with E-state index < -0.39 is 18.0 Å². The number of esters is 2. The van der Waals surface area contributed by atoms with Crippen LogP contribution in [-0.4, -0.2) is 37.1 Å². The maximum absolute atomic E-state index is 12.2. The van der Waals surface area contributed by atoms with Crippen molar-refractivity contribution in [1.29, 1.82) is 0 Å². The lowest BCUT2D eigenvalue weighted by Crippen LogP contribution is -2.42. The monoisotopic (exact) mass is 391 g/mol. The van der Waals surface area contributed by atoms with Crippen LogP contribution in [0.25, 0.3) is 0 Å². The fourth-order valence-corrected chi connectivity index (χ4v) is 3.12. The van der Waals surface area contributed by atoms with Crippen molar-refractivity contribution in [3.8, 4) is 0 Å². The van der Waals surface area contributed by atoms with Crippen LogP contribution in [0.5, 0.6) is 0 Å². The second kappa shape index (κ2) is 9.58. The Hall–Kier alpha value is -1.41. The number of hydrogen-bond donors (Lipinski definition) is 1. The van der Waals surface area contributed by atoms with Crippen LogP contribution < -0.4 is 5.32 Å². The molecule has 8 heteroatoms. The van der Waals surface area contributed by atoms with Crippen LogP contribution in [0.2, 0.25) is 0 Å². The highest BCUT2D eigenvalue weighted by Crippen LogP contribution is 2.22. The summed E-state index contributed by atoms with van der Waals surface area (Å²) in [7, 11) is 0. The van der Waals surface area contributed by atoms with E-state index in [1.165, 1.54) is 11.3 Å². The SMILES string of the molecule is CCOC(=O)CC[C@H](NC(=O)c1sccc1Br)C(=O)OCC. The number of hydrogen-bond acceptors (Lipinski definition) is 6. The molecule has 0 aliphatic carbocycles. The Balaban J connectivity index is 2.69. The van der Waals surface area contributed by atoms with E-state index in [9.17, 15) is 14.4 Å². The molecule has 0 aliphatic heterocycles. The lowest BCUT2D eigenvalue weighted by molar-refractivity contribution is -0.146. The van der Waals surface area contributed by atoms with Gasteiger partial charge in [0.15, 0.2) is 0 Å². The zero-order chi connectivity index (χ0) is 16.5. The number of thiophene rings is 1. The standard InChI is InChI=1S/C14H18BrNO5S/c1-3-20-11(17)6-5-10(14(19)21-4-2)16-13(18)12-9(15)7-8-22-12/h7-8,10H,3-6H2,1-2H3,(H,16,18)/t10-/m0/s1. The van der Waals surface area contributed by atoms with E-state index in [1.54, 1.807) is 25.3 Å². The zero-order valence-electron chi connectivity index (χ0n) is 12.4. The summed E-state index contributed by atoms with van der Waals surface area (Å²) in [6, 6.07) is 0.864. The van der Waals surface area contributed by atoms with Crippen LogP contribution >= 0.6 is 27.3 Å². The second-order valence-corrected chi connectivity index (χ2v) is 5.99. The quantitative estimate of drug-likeness (QED) is 0.688. The van der Waals surface area contributed by atoms with E-state index in [2.05, 4.69) is 21.2 Å². The van der Waals surface area contributed by atoms with Gasteiger partial charge in [-0.05, 0) is 47.6 Å². The van der Waals surface area contributed by atoms with E-state index >= 15 is 0 Å². The van der Waals surface area contributed by atoms with E-state index in [0.29, 0.717) is 9.35 Å². The van der Waals surface area contributed by atoms with E-state index in [4.69, 9.17) is 9.47 Å². The van der Waals surface area contributed by atoms with Crippen molar-refractivity contribution < 1.29 is 23.9 Å². The molecule has 1 aromatic rings. The molecule has 1 rings (SSSR count). The van der Waals surface area contributed by atoms with Gasteiger partial charge in [-0.2, -0.15) is 0 Å². The number of amides is 1. The lowest BCUT2D eigenvalue weighted by Gasteiger charge is -2.16. The smallest absolute Gasteiger partial charge is 0.328 e. The summed E-state index contributed by atoms with van der Waals surface area (Å²) >= 11 is 4.52. The molecule has 1 aromatic heterocycles. The minimum atomic E-state index is -0.883. The Bertz CT molecular complexity index is 531. The number of halogens is 1. The van der Waals surface area contributed by atoms with Gasteiger partial charge in [-0.15, -0.1) is 11.3 Å². The first-order valence-corrected chi connectivity index (χ1v) is 8.52. The number of ether oxygens (including phenoxy) is 2. The van der Waals surface area contributed by atoms with Crippen molar-refractivity contribution in [3.63, 3.8) is 0 Å². The molecular formula is C14H18BrNO5S. The van der Waals surface area contributed by atoms with Crippen LogP contribution in [0.3, 0.4) is 0 Å². The number of carbonyl (C=O) groups is 3. The molecule has 0 saturated heterocycles. The van der Waals surface area contributed by atoms with Crippen LogP contribution in [0.1, 0.15) is 36.4 Å². The largest absolute Gasteiger partial charge is 0.466 e. The van der Waals surface area contributed by atoms with Crippen LogP contribution in [0.15, 0.2) is 15.9 Å². The molecule has 1 N–H and O–H groups in total. The molecule has 22 heavy (non-hydrogen) atoms. The fraction of sp³-hybridized carbons (Fsp3) is 0.500. The van der Waals surface area contributed by atoms with Crippen molar-refractivity contribution >= 4 is 45.1 Å². The van der Waals surface area contributed by atoms with Gasteiger partial charge in [0.05, 0.1) is 13.2 Å². The molecule has 0 aromatic carbocycles. The predicted octanol–water partition coefficient (Wildman–Crippen LogP) is 2.52. The molecule has 1 heterocycles. The highest BCUT2D eigenvalue weighted by Gasteiger charge is 2.25. The van der Waals surface area contributed by atoms with Crippen LogP contribution in [0.4, 0.5) is 0 Å². The van der Waals surface area contributed by atoms with Gasteiger partial charge in [0.25, 0.3) is 5.91 Å². The third-order valence-electron chi connectivity index (χ3n) is 2.64. The highest BCUT2D eigenvalue weighted by molar-refractivity contribution is 9.10. The van der Waals surface area contributed by atoms with E-state index in [1.807, 2.05) is 0 Å². The molecule has 0 radical (unpaired) electrons. The molecule has 0 unspecified atom stereocenters. The lowest BCUT2D eigenvalue weighted by atomic mass is 10.1. The van der Waals surface area contributed by atoms with Crippen molar-refractivity contribution in [3.05, 3.63) is 20.8 Å². The minimum absolute atomic E-state index is 0.0310. The number of rotatable bonds is 8. The van der Waals surface area contributed by atoms with Crippen molar-refractivity contribution in [1.82, 2.24) is 5.32 Å². The highest BCUT2D eigenvalue weighted by atomic mass is 79.9. The van der Waals surface area contributed by atoms with Gasteiger partial charge >= 0.3 is 11.9 Å². The number of nitrogens with one attached hydrogen (secondary N) is 1. The molecule has 0 saturated carbocycles. The summed E-state index contributed by atoms with van der Waals surface area (Å²) in [4.78, 5) is 35.9. The third-order valence-corrected chi connectivity index (χ3v) is 4.48. The van der Waals surface area contributed by atoms with Gasteiger partial charge in [-0.25, -0.2) is 4.79 Å². The fourth-order valence-electron chi connectivity index (χ4n) is 1.67. The van der Waals surface area contributed by atoms with E-state index in [-0.39, 0.29) is 32.0 Å². The van der Waals surface area contributed by atoms with Gasteiger partial charge < -0.3 is 14.8 Å². The molecule has 1 amide bonds. The average Bonchev–Trinajstić information content (AvgIpc) is 2.90. The molecule has 6 nitrogen and oxygen atoms in total. The van der Waals surface area contributed by atoms with Crippen LogP contribution in [0, 0.1) is 0 Å². The number of carbonyl (C=O) groups excluding carboxylic acids is 3. The average molecular weight is 392 g/mol. The molecular weight excluding hydrogens is 374 g/mol. The molecule has 0 aliphatic rings. The molecule has 0 bridgehead atoms. The Morgan fingerprint density at radius 2 is 1.95 bits per heavy atom. The third kappa shape index (κ3) is 5.76. The normalized spacial score (nSPS) is 11.6. The topological polar surface area (TPSA) is 81.7 Å². The van der Waals surface area contributed by atoms with Gasteiger partial charge in [0.1, 0.15) is 10.9 Å². The van der Waals surface area contributed by atoms with Crippen molar-refractivity contribution in [2.75, 3.05) is 13.2 Å². The summed E-state index contributed by atoms with van der Waals surface area (Å²) < 4.78 is 10.4. The van der Waals surface area contributed by atoms with Gasteiger partial charge in [0, 0.05) is 10.9 Å². The summed E-state index contributed by atoms with van der Waals surface area (Å²) in [6.07, 6.45) is 0.162. The van der Waals surface area contributed by atoms with Crippen molar-refractivity contribution in [2.24, 2.45) is 0 Å².